The number of carboxylic acids is 1. The Kier molecular flexibility index (Phi) is 4.27. The number of carbonyl (C=O) groups is 1. The summed E-state index contributed by atoms with van der Waals surface area (Å²) in [5.74, 6) is -1.12. The second-order valence-corrected chi connectivity index (χ2v) is 8.49. The van der Waals surface area contributed by atoms with Crippen LogP contribution in [0.1, 0.15) is 33.6 Å². The predicted octanol–water partition coefficient (Wildman–Crippen LogP) is 3.11. The van der Waals surface area contributed by atoms with Gasteiger partial charge in [-0.3, -0.25) is 0 Å². The summed E-state index contributed by atoms with van der Waals surface area (Å²) >= 11 is 1.52. The number of thiophene rings is 1. The quantitative estimate of drug-likeness (QED) is 0.868. The number of rotatable bonds is 6. The van der Waals surface area contributed by atoms with Crippen molar-refractivity contribution in [3.63, 3.8) is 0 Å². The average molecular weight is 351 g/mol. The van der Waals surface area contributed by atoms with E-state index in [1.807, 2.05) is 17.5 Å². The highest BCUT2D eigenvalue weighted by Crippen LogP contribution is 2.35. The molecule has 2 aromatic rings. The molecule has 1 saturated carbocycles. The highest BCUT2D eigenvalue weighted by atomic mass is 32.2. The van der Waals surface area contributed by atoms with Crippen LogP contribution in [-0.4, -0.2) is 29.8 Å². The molecular weight excluding hydrogens is 334 g/mol. The van der Waals surface area contributed by atoms with Crippen LogP contribution in [0, 0.1) is 6.92 Å². The molecule has 0 saturated heterocycles. The summed E-state index contributed by atoms with van der Waals surface area (Å²) in [5.41, 5.74) is 0.315. The Labute approximate surface area is 139 Å². The van der Waals surface area contributed by atoms with Crippen molar-refractivity contribution >= 4 is 27.3 Å². The van der Waals surface area contributed by atoms with E-state index in [9.17, 15) is 18.3 Å². The van der Waals surface area contributed by atoms with Crippen molar-refractivity contribution in [3.8, 4) is 0 Å². The van der Waals surface area contributed by atoms with Crippen LogP contribution >= 0.6 is 11.3 Å². The molecule has 1 aromatic carbocycles. The first-order valence-corrected chi connectivity index (χ1v) is 9.60. The number of aromatic carboxylic acids is 1. The summed E-state index contributed by atoms with van der Waals surface area (Å²) < 4.78 is 27.7. The summed E-state index contributed by atoms with van der Waals surface area (Å²) in [6.45, 7) is 1.88. The summed E-state index contributed by atoms with van der Waals surface area (Å²) in [6.07, 6.45) is 1.70. The molecule has 0 bridgehead atoms. The van der Waals surface area contributed by atoms with E-state index < -0.39 is 16.0 Å². The van der Waals surface area contributed by atoms with Gasteiger partial charge in [0, 0.05) is 17.5 Å². The standard InChI is InChI=1S/C16H17NO4S2/c1-11-14(16(18)19)5-2-6-15(11)23(20,21)17(12-7-8-12)10-13-4-3-9-22-13/h2-6,9,12H,7-8,10H2,1H3,(H,18,19). The van der Waals surface area contributed by atoms with Crippen LogP contribution in [0.2, 0.25) is 0 Å². The molecule has 1 aliphatic rings. The Morgan fingerprint density at radius 1 is 1.30 bits per heavy atom. The molecule has 0 atom stereocenters. The van der Waals surface area contributed by atoms with Crippen molar-refractivity contribution in [2.45, 2.75) is 37.2 Å². The zero-order chi connectivity index (χ0) is 16.6. The predicted molar refractivity (Wildman–Crippen MR) is 88.2 cm³/mol. The van der Waals surface area contributed by atoms with Crippen molar-refractivity contribution in [2.75, 3.05) is 0 Å². The van der Waals surface area contributed by atoms with Crippen LogP contribution in [0.4, 0.5) is 0 Å². The maximum Gasteiger partial charge on any atom is 0.335 e. The largest absolute Gasteiger partial charge is 0.478 e. The van der Waals surface area contributed by atoms with Crippen LogP contribution in [0.25, 0.3) is 0 Å². The molecule has 5 nitrogen and oxygen atoms in total. The van der Waals surface area contributed by atoms with Gasteiger partial charge in [-0.05, 0) is 48.9 Å². The normalized spacial score (nSPS) is 15.0. The lowest BCUT2D eigenvalue weighted by molar-refractivity contribution is 0.0696. The van der Waals surface area contributed by atoms with Gasteiger partial charge in [-0.15, -0.1) is 11.3 Å². The van der Waals surface area contributed by atoms with E-state index in [4.69, 9.17) is 0 Å². The number of hydrogen-bond donors (Lipinski definition) is 1. The van der Waals surface area contributed by atoms with Gasteiger partial charge in [0.05, 0.1) is 10.5 Å². The minimum absolute atomic E-state index is 0.00924. The number of hydrogen-bond acceptors (Lipinski definition) is 4. The lowest BCUT2D eigenvalue weighted by Crippen LogP contribution is -2.33. The van der Waals surface area contributed by atoms with Crippen molar-refractivity contribution in [1.82, 2.24) is 4.31 Å². The Hall–Kier alpha value is -1.70. The first kappa shape index (κ1) is 16.2. The SMILES string of the molecule is Cc1c(C(=O)O)cccc1S(=O)(=O)N(Cc1cccs1)C1CC1. The van der Waals surface area contributed by atoms with Crippen LogP contribution in [0.3, 0.4) is 0 Å². The van der Waals surface area contributed by atoms with Crippen molar-refractivity contribution in [3.05, 3.63) is 51.7 Å². The van der Waals surface area contributed by atoms with Crippen LogP contribution in [0.5, 0.6) is 0 Å². The minimum atomic E-state index is -3.72. The van der Waals surface area contributed by atoms with Crippen molar-refractivity contribution in [1.29, 1.82) is 0 Å². The molecular formula is C16H17NO4S2. The van der Waals surface area contributed by atoms with Gasteiger partial charge in [0.15, 0.2) is 0 Å². The molecule has 0 amide bonds. The fourth-order valence-corrected chi connectivity index (χ4v) is 5.28. The topological polar surface area (TPSA) is 74.7 Å². The monoisotopic (exact) mass is 351 g/mol. The lowest BCUT2D eigenvalue weighted by atomic mass is 10.1. The van der Waals surface area contributed by atoms with E-state index in [0.717, 1.165) is 17.7 Å². The van der Waals surface area contributed by atoms with Crippen LogP contribution in [0.15, 0.2) is 40.6 Å². The van der Waals surface area contributed by atoms with E-state index >= 15 is 0 Å². The van der Waals surface area contributed by atoms with E-state index in [0.29, 0.717) is 6.54 Å². The van der Waals surface area contributed by atoms with Crippen molar-refractivity contribution in [2.24, 2.45) is 0 Å². The third-order valence-corrected chi connectivity index (χ3v) is 6.85. The maximum absolute atomic E-state index is 13.1. The molecule has 0 radical (unpaired) electrons. The van der Waals surface area contributed by atoms with Gasteiger partial charge in [0.2, 0.25) is 10.0 Å². The number of sulfonamides is 1. The fourth-order valence-electron chi connectivity index (χ4n) is 2.58. The minimum Gasteiger partial charge on any atom is -0.478 e. The highest BCUT2D eigenvalue weighted by molar-refractivity contribution is 7.89. The first-order valence-electron chi connectivity index (χ1n) is 7.28. The van der Waals surface area contributed by atoms with Gasteiger partial charge in [0.1, 0.15) is 0 Å². The Morgan fingerprint density at radius 3 is 2.61 bits per heavy atom. The van der Waals surface area contributed by atoms with Crippen LogP contribution < -0.4 is 0 Å². The molecule has 122 valence electrons. The third kappa shape index (κ3) is 3.17. The number of carboxylic acid groups (broad SMARTS) is 1. The lowest BCUT2D eigenvalue weighted by Gasteiger charge is -2.22. The number of nitrogens with zero attached hydrogens (tertiary/aromatic N) is 1. The molecule has 1 N–H and O–H groups in total. The summed E-state index contributed by atoms with van der Waals surface area (Å²) in [5, 5.41) is 11.1. The molecule has 7 heteroatoms. The zero-order valence-electron chi connectivity index (χ0n) is 12.6. The summed E-state index contributed by atoms with van der Waals surface area (Å²) in [7, 11) is -3.72. The smallest absolute Gasteiger partial charge is 0.335 e. The summed E-state index contributed by atoms with van der Waals surface area (Å²) in [4.78, 5) is 12.3. The molecule has 1 fully saturated rings. The number of benzene rings is 1. The molecule has 23 heavy (non-hydrogen) atoms. The molecule has 3 rings (SSSR count). The molecule has 1 heterocycles. The molecule has 1 aliphatic carbocycles. The van der Waals surface area contributed by atoms with Crippen molar-refractivity contribution < 1.29 is 18.3 Å². The summed E-state index contributed by atoms with van der Waals surface area (Å²) in [6, 6.07) is 8.22. The molecule has 0 aliphatic heterocycles. The van der Waals surface area contributed by atoms with Gasteiger partial charge >= 0.3 is 5.97 Å². The second kappa shape index (κ2) is 6.07. The second-order valence-electron chi connectivity index (χ2n) is 5.59. The van der Waals surface area contributed by atoms with E-state index in [1.54, 1.807) is 6.92 Å². The van der Waals surface area contributed by atoms with Gasteiger partial charge in [-0.25, -0.2) is 13.2 Å². The van der Waals surface area contributed by atoms with Gasteiger partial charge < -0.3 is 5.11 Å². The Balaban J connectivity index is 2.02. The van der Waals surface area contributed by atoms with Crippen LogP contribution in [-0.2, 0) is 16.6 Å². The average Bonchev–Trinajstić information content (AvgIpc) is 3.20. The molecule has 1 aromatic heterocycles. The van der Waals surface area contributed by atoms with Gasteiger partial charge in [0.25, 0.3) is 0 Å². The first-order chi connectivity index (χ1) is 10.9. The third-order valence-electron chi connectivity index (χ3n) is 3.95. The van der Waals surface area contributed by atoms with E-state index in [-0.39, 0.29) is 22.1 Å². The van der Waals surface area contributed by atoms with Gasteiger partial charge in [-0.1, -0.05) is 12.1 Å². The van der Waals surface area contributed by atoms with E-state index in [2.05, 4.69) is 0 Å². The fraction of sp³-hybridized carbons (Fsp3) is 0.312. The molecule has 0 unspecified atom stereocenters. The zero-order valence-corrected chi connectivity index (χ0v) is 14.2. The molecule has 0 spiro atoms. The maximum atomic E-state index is 13.1. The highest BCUT2D eigenvalue weighted by Gasteiger charge is 2.39. The van der Waals surface area contributed by atoms with E-state index in [1.165, 1.54) is 33.8 Å². The Bertz CT molecular complexity index is 824. The Morgan fingerprint density at radius 2 is 2.04 bits per heavy atom. The van der Waals surface area contributed by atoms with Gasteiger partial charge in [-0.2, -0.15) is 4.31 Å².